The predicted molar refractivity (Wildman–Crippen MR) is 187 cm³/mol. The largest absolute Gasteiger partial charge is 0.481 e. The average molecular weight is 715 g/mol. The van der Waals surface area contributed by atoms with Gasteiger partial charge in [-0.2, -0.15) is 0 Å². The molecule has 12 nitrogen and oxygen atoms in total. The van der Waals surface area contributed by atoms with Gasteiger partial charge < -0.3 is 41.0 Å². The van der Waals surface area contributed by atoms with Crippen molar-refractivity contribution in [1.82, 2.24) is 0 Å². The van der Waals surface area contributed by atoms with Gasteiger partial charge in [0, 0.05) is 33.6 Å². The number of carbonyl (C=O) groups is 4. The highest BCUT2D eigenvalue weighted by Gasteiger charge is 2.76. The first kappa shape index (κ1) is 36.2. The number of fused-ring (bicyclic) bond motifs is 7. The van der Waals surface area contributed by atoms with E-state index in [0.29, 0.717) is 36.1 Å². The molecule has 276 valence electrons. The fraction of sp³-hybridized carbons (Fsp3) is 0.500. The topological polar surface area (TPSA) is 209 Å². The van der Waals surface area contributed by atoms with Crippen molar-refractivity contribution >= 4 is 29.2 Å². The van der Waals surface area contributed by atoms with Crippen LogP contribution in [0.25, 0.3) is 0 Å². The Morgan fingerprint density at radius 3 is 2.62 bits per heavy atom. The summed E-state index contributed by atoms with van der Waals surface area (Å²) in [5.41, 5.74) is 13.5. The van der Waals surface area contributed by atoms with E-state index >= 15 is 0 Å². The lowest BCUT2D eigenvalue weighted by atomic mass is 9.46. The van der Waals surface area contributed by atoms with Crippen LogP contribution in [0.3, 0.4) is 0 Å². The molecule has 0 aromatic heterocycles. The smallest absolute Gasteiger partial charge is 0.323 e. The lowest BCUT2D eigenvalue weighted by Gasteiger charge is -2.59. The number of aliphatic carboxylic acids is 1. The zero-order valence-electron chi connectivity index (χ0n) is 29.3. The Hall–Kier alpha value is -4.20. The van der Waals surface area contributed by atoms with Gasteiger partial charge in [0.2, 0.25) is 5.78 Å². The van der Waals surface area contributed by atoms with Crippen LogP contribution in [-0.2, 0) is 46.4 Å². The molecule has 0 bridgehead atoms. The molecule has 7 N–H and O–H groups in total. The zero-order valence-corrected chi connectivity index (χ0v) is 29.3. The minimum atomic E-state index is -1.61. The number of nitrogens with two attached hydrogens (primary N) is 2. The number of allylic oxidation sites excluding steroid dienone is 4. The van der Waals surface area contributed by atoms with Crippen LogP contribution < -0.4 is 11.5 Å². The summed E-state index contributed by atoms with van der Waals surface area (Å²) < 4.78 is 18.9. The van der Waals surface area contributed by atoms with Crippen molar-refractivity contribution in [2.75, 3.05) is 12.3 Å². The van der Waals surface area contributed by atoms with E-state index in [1.807, 2.05) is 49.4 Å². The highest BCUT2D eigenvalue weighted by atomic mass is 16.7. The summed E-state index contributed by atoms with van der Waals surface area (Å²) in [6, 6.07) is 11.7. The molecule has 1 saturated heterocycles. The SMILES string of the molecule is C[C@]12C=CC(=O)C=C1CC[C@@H]1[C@@H]2[C@@H](O)C[C@@]2(C)[C@H]1C[C@H]1O[C@@H](c3cccc(Cc4ccc(CO)c(N)c4)c3)O[C@]12C(=O)COC(=O)[C@@H](N)CC(=O)O. The Bertz CT molecular complexity index is 1870. The number of esters is 1. The Labute approximate surface area is 301 Å². The number of nitrogen functional groups attached to an aromatic ring is 1. The second-order valence-corrected chi connectivity index (χ2v) is 15.6. The molecule has 1 heterocycles. The van der Waals surface area contributed by atoms with E-state index in [4.69, 9.17) is 30.8 Å². The molecule has 4 fully saturated rings. The molecule has 0 spiro atoms. The molecule has 4 aliphatic carbocycles. The Balaban J connectivity index is 1.20. The van der Waals surface area contributed by atoms with Crippen molar-refractivity contribution in [2.45, 2.75) is 89.1 Å². The second-order valence-electron chi connectivity index (χ2n) is 15.6. The normalized spacial score (nSPS) is 35.1. The average Bonchev–Trinajstić information content (AvgIpc) is 3.60. The third kappa shape index (κ3) is 5.81. The maximum absolute atomic E-state index is 14.6. The summed E-state index contributed by atoms with van der Waals surface area (Å²) in [6.45, 7) is 3.18. The van der Waals surface area contributed by atoms with Gasteiger partial charge in [0.1, 0.15) is 6.04 Å². The third-order valence-electron chi connectivity index (χ3n) is 12.7. The van der Waals surface area contributed by atoms with Gasteiger partial charge in [0.05, 0.1) is 25.2 Å². The van der Waals surface area contributed by atoms with Gasteiger partial charge in [-0.3, -0.25) is 19.2 Å². The molecular formula is C40H46N2O10. The molecule has 3 saturated carbocycles. The molecular weight excluding hydrogens is 668 g/mol. The molecule has 1 aliphatic heterocycles. The lowest BCUT2D eigenvalue weighted by Crippen LogP contribution is -2.63. The summed E-state index contributed by atoms with van der Waals surface area (Å²) in [6.07, 6.45) is 4.64. The van der Waals surface area contributed by atoms with E-state index in [1.54, 1.807) is 18.2 Å². The zero-order chi connectivity index (χ0) is 37.2. The molecule has 5 aliphatic rings. The summed E-state index contributed by atoms with van der Waals surface area (Å²) in [5, 5.41) is 30.7. The number of benzene rings is 2. The number of hydrogen-bond acceptors (Lipinski definition) is 11. The van der Waals surface area contributed by atoms with Gasteiger partial charge in [-0.1, -0.05) is 61.9 Å². The van der Waals surface area contributed by atoms with E-state index in [2.05, 4.69) is 6.92 Å². The maximum atomic E-state index is 14.6. The molecule has 2 aromatic rings. The van der Waals surface area contributed by atoms with Crippen molar-refractivity contribution in [3.63, 3.8) is 0 Å². The standard InChI is InChI=1S/C40H46N2O10/c1-38-11-10-26(44)15-25(38)8-9-27-28-16-33-40(39(28,2)18-31(45)35(27)38,32(46)20-50-36(49)30(42)17-34(47)48)52-37(51-33)23-5-3-4-21(13-23)12-22-6-7-24(19-43)29(41)14-22/h3-7,10-11,13-15,27-28,30-31,33,35,37,43,45H,8-9,12,16-20,41-42H2,1-2H3,(H,47,48)/t27-,28-,30-,31-,33+,35+,37+,38-,39-,40+/m0/s1. The number of rotatable bonds is 10. The first-order chi connectivity index (χ1) is 24.7. The monoisotopic (exact) mass is 714 g/mol. The number of anilines is 1. The number of carboxylic acids is 1. The molecule has 2 aromatic carbocycles. The Morgan fingerprint density at radius 2 is 1.88 bits per heavy atom. The molecule has 10 atom stereocenters. The van der Waals surface area contributed by atoms with Crippen molar-refractivity contribution < 1.29 is 48.7 Å². The van der Waals surface area contributed by atoms with E-state index in [9.17, 15) is 29.4 Å². The van der Waals surface area contributed by atoms with Crippen LogP contribution >= 0.6 is 0 Å². The number of aliphatic hydroxyl groups is 2. The molecule has 7 rings (SSSR count). The fourth-order valence-corrected chi connectivity index (χ4v) is 10.3. The van der Waals surface area contributed by atoms with Gasteiger partial charge in [0.15, 0.2) is 24.3 Å². The maximum Gasteiger partial charge on any atom is 0.323 e. The van der Waals surface area contributed by atoms with Crippen LogP contribution in [0.1, 0.15) is 74.5 Å². The number of Topliss-reactive ketones (excluding diaryl/α,β-unsaturated/α-hetero) is 1. The number of ketones is 2. The highest BCUT2D eigenvalue weighted by molar-refractivity contribution is 6.01. The third-order valence-corrected chi connectivity index (χ3v) is 12.7. The van der Waals surface area contributed by atoms with Gasteiger partial charge >= 0.3 is 11.9 Å². The van der Waals surface area contributed by atoms with E-state index < -0.39 is 71.7 Å². The summed E-state index contributed by atoms with van der Waals surface area (Å²) >= 11 is 0. The first-order valence-electron chi connectivity index (χ1n) is 17.9. The van der Waals surface area contributed by atoms with Crippen LogP contribution in [-0.4, -0.2) is 69.3 Å². The van der Waals surface area contributed by atoms with Gasteiger partial charge in [-0.15, -0.1) is 0 Å². The lowest BCUT2D eigenvalue weighted by molar-refractivity contribution is -0.202. The Kier molecular flexibility index (Phi) is 9.28. The van der Waals surface area contributed by atoms with E-state index in [0.717, 1.165) is 23.1 Å². The molecule has 0 unspecified atom stereocenters. The summed E-state index contributed by atoms with van der Waals surface area (Å²) in [4.78, 5) is 50.8. The number of carbonyl (C=O) groups excluding carboxylic acids is 3. The van der Waals surface area contributed by atoms with Gasteiger partial charge in [-0.05, 0) is 73.3 Å². The minimum absolute atomic E-state index is 0.0193. The number of aliphatic hydroxyl groups excluding tert-OH is 2. The molecule has 12 heteroatoms. The first-order valence-corrected chi connectivity index (χ1v) is 17.9. The van der Waals surface area contributed by atoms with Gasteiger partial charge in [-0.25, -0.2) is 0 Å². The fourth-order valence-electron chi connectivity index (χ4n) is 10.3. The number of hydrogen-bond donors (Lipinski definition) is 5. The number of carboxylic acid groups (broad SMARTS) is 1. The molecule has 0 amide bonds. The predicted octanol–water partition coefficient (Wildman–Crippen LogP) is 3.31. The molecule has 0 radical (unpaired) electrons. The Morgan fingerprint density at radius 1 is 1.12 bits per heavy atom. The van der Waals surface area contributed by atoms with Crippen LogP contribution in [0, 0.1) is 28.6 Å². The van der Waals surface area contributed by atoms with Crippen LogP contribution in [0.2, 0.25) is 0 Å². The summed E-state index contributed by atoms with van der Waals surface area (Å²) in [5.74, 6) is -3.20. The molecule has 52 heavy (non-hydrogen) atoms. The quantitative estimate of drug-likeness (QED) is 0.177. The second kappa shape index (κ2) is 13.3. The van der Waals surface area contributed by atoms with Crippen molar-refractivity contribution in [3.05, 3.63) is 88.5 Å². The number of ether oxygens (including phenoxy) is 3. The van der Waals surface area contributed by atoms with Crippen molar-refractivity contribution in [2.24, 2.45) is 34.3 Å². The van der Waals surface area contributed by atoms with Crippen LogP contribution in [0.5, 0.6) is 0 Å². The highest BCUT2D eigenvalue weighted by Crippen LogP contribution is 2.70. The van der Waals surface area contributed by atoms with E-state index in [-0.39, 0.29) is 36.6 Å². The summed E-state index contributed by atoms with van der Waals surface area (Å²) in [7, 11) is 0. The van der Waals surface area contributed by atoms with Gasteiger partial charge in [0.25, 0.3) is 0 Å². The van der Waals surface area contributed by atoms with Crippen LogP contribution in [0.15, 0.2) is 66.3 Å². The van der Waals surface area contributed by atoms with E-state index in [1.165, 1.54) is 0 Å². The van der Waals surface area contributed by atoms with Crippen molar-refractivity contribution in [3.8, 4) is 0 Å². The van der Waals surface area contributed by atoms with Crippen LogP contribution in [0.4, 0.5) is 5.69 Å². The van der Waals surface area contributed by atoms with Crippen molar-refractivity contribution in [1.29, 1.82) is 0 Å². The minimum Gasteiger partial charge on any atom is -0.481 e.